The van der Waals surface area contributed by atoms with E-state index in [0.717, 1.165) is 48.8 Å². The zero-order chi connectivity index (χ0) is 18.5. The van der Waals surface area contributed by atoms with Gasteiger partial charge in [-0.15, -0.1) is 24.0 Å². The van der Waals surface area contributed by atoms with Crippen LogP contribution in [0.4, 0.5) is 4.39 Å². The van der Waals surface area contributed by atoms with E-state index in [-0.39, 0.29) is 29.8 Å². The van der Waals surface area contributed by atoms with Gasteiger partial charge in [-0.25, -0.2) is 4.39 Å². The van der Waals surface area contributed by atoms with Gasteiger partial charge >= 0.3 is 0 Å². The van der Waals surface area contributed by atoms with Crippen LogP contribution in [-0.2, 0) is 6.42 Å². The van der Waals surface area contributed by atoms with Crippen LogP contribution >= 0.6 is 24.0 Å². The lowest BCUT2D eigenvalue weighted by Crippen LogP contribution is -2.40. The van der Waals surface area contributed by atoms with Gasteiger partial charge in [-0.1, -0.05) is 0 Å². The van der Waals surface area contributed by atoms with Gasteiger partial charge in [0.1, 0.15) is 5.82 Å². The Hall–Kier alpha value is -1.35. The minimum Gasteiger partial charge on any atom is -0.361 e. The highest BCUT2D eigenvalue weighted by molar-refractivity contribution is 14.0. The van der Waals surface area contributed by atoms with E-state index in [9.17, 15) is 4.39 Å². The van der Waals surface area contributed by atoms with Crippen LogP contribution in [0.15, 0.2) is 29.4 Å². The normalized spacial score (nSPS) is 15.7. The summed E-state index contributed by atoms with van der Waals surface area (Å²) in [6, 6.07) is 5.41. The SMILES string of the molecule is CCNC(=NCC(C1CC1)N(C)C)NCCc1c[nH]c2cc(F)ccc12.I. The molecule has 1 aliphatic carbocycles. The highest BCUT2D eigenvalue weighted by Crippen LogP contribution is 2.34. The number of nitrogens with one attached hydrogen (secondary N) is 3. The van der Waals surface area contributed by atoms with Crippen LogP contribution in [0.5, 0.6) is 0 Å². The maximum Gasteiger partial charge on any atom is 0.191 e. The first-order valence-corrected chi connectivity index (χ1v) is 9.52. The van der Waals surface area contributed by atoms with Crippen LogP contribution in [0.1, 0.15) is 25.3 Å². The number of halogens is 2. The Morgan fingerprint density at radius 3 is 2.78 bits per heavy atom. The molecule has 0 saturated heterocycles. The molecule has 0 bridgehead atoms. The van der Waals surface area contributed by atoms with E-state index < -0.39 is 0 Å². The molecule has 1 heterocycles. The van der Waals surface area contributed by atoms with Crippen molar-refractivity contribution in [1.29, 1.82) is 0 Å². The van der Waals surface area contributed by atoms with Crippen molar-refractivity contribution in [3.05, 3.63) is 35.8 Å². The van der Waals surface area contributed by atoms with Gasteiger partial charge in [-0.3, -0.25) is 4.99 Å². The number of rotatable bonds is 8. The van der Waals surface area contributed by atoms with Crippen molar-refractivity contribution in [2.45, 2.75) is 32.2 Å². The second-order valence-corrected chi connectivity index (χ2v) is 7.27. The molecule has 1 aliphatic rings. The molecule has 0 amide bonds. The van der Waals surface area contributed by atoms with Gasteiger partial charge in [0, 0.05) is 36.2 Å². The number of likely N-dealkylation sites (N-methyl/N-ethyl adjacent to an activating group) is 1. The van der Waals surface area contributed by atoms with Crippen LogP contribution in [0.2, 0.25) is 0 Å². The lowest BCUT2D eigenvalue weighted by atomic mass is 10.1. The molecule has 27 heavy (non-hydrogen) atoms. The van der Waals surface area contributed by atoms with Gasteiger partial charge in [0.05, 0.1) is 6.54 Å². The summed E-state index contributed by atoms with van der Waals surface area (Å²) in [6.45, 7) is 4.52. The molecule has 0 spiro atoms. The van der Waals surface area contributed by atoms with E-state index >= 15 is 0 Å². The fourth-order valence-corrected chi connectivity index (χ4v) is 3.42. The Balaban J connectivity index is 0.00000261. The lowest BCUT2D eigenvalue weighted by Gasteiger charge is -2.23. The Morgan fingerprint density at radius 2 is 2.11 bits per heavy atom. The molecule has 0 radical (unpaired) electrons. The molecule has 1 atom stereocenters. The molecule has 5 nitrogen and oxygen atoms in total. The smallest absolute Gasteiger partial charge is 0.191 e. The van der Waals surface area contributed by atoms with E-state index in [0.29, 0.717) is 6.04 Å². The first kappa shape index (κ1) is 21.9. The van der Waals surface area contributed by atoms with Gasteiger partial charge in [0.25, 0.3) is 0 Å². The number of aliphatic imine (C=N–C) groups is 1. The molecule has 1 unspecified atom stereocenters. The molecular weight excluding hydrogens is 456 g/mol. The van der Waals surface area contributed by atoms with Crippen molar-refractivity contribution in [1.82, 2.24) is 20.5 Å². The van der Waals surface area contributed by atoms with E-state index in [2.05, 4.69) is 41.5 Å². The van der Waals surface area contributed by atoms with Crippen molar-refractivity contribution < 1.29 is 4.39 Å². The van der Waals surface area contributed by atoms with Crippen LogP contribution < -0.4 is 10.6 Å². The Labute approximate surface area is 178 Å². The predicted molar refractivity (Wildman–Crippen MR) is 122 cm³/mol. The van der Waals surface area contributed by atoms with E-state index in [1.165, 1.54) is 30.5 Å². The summed E-state index contributed by atoms with van der Waals surface area (Å²) in [4.78, 5) is 10.2. The molecular formula is C20H31FIN5. The number of hydrogen-bond donors (Lipinski definition) is 3. The van der Waals surface area contributed by atoms with Crippen molar-refractivity contribution in [3.63, 3.8) is 0 Å². The molecule has 3 rings (SSSR count). The zero-order valence-electron chi connectivity index (χ0n) is 16.4. The maximum absolute atomic E-state index is 13.3. The highest BCUT2D eigenvalue weighted by atomic mass is 127. The Morgan fingerprint density at radius 1 is 1.33 bits per heavy atom. The monoisotopic (exact) mass is 487 g/mol. The second-order valence-electron chi connectivity index (χ2n) is 7.27. The number of benzene rings is 1. The Kier molecular flexibility index (Phi) is 8.34. The van der Waals surface area contributed by atoms with Gasteiger partial charge < -0.3 is 20.5 Å². The first-order valence-electron chi connectivity index (χ1n) is 9.52. The van der Waals surface area contributed by atoms with Gasteiger partial charge in [-0.2, -0.15) is 0 Å². The molecule has 1 aromatic carbocycles. The van der Waals surface area contributed by atoms with Crippen LogP contribution in [0.25, 0.3) is 10.9 Å². The van der Waals surface area contributed by atoms with Crippen molar-refractivity contribution in [3.8, 4) is 0 Å². The second kappa shape index (κ2) is 10.3. The van der Waals surface area contributed by atoms with Crippen LogP contribution in [0, 0.1) is 11.7 Å². The molecule has 150 valence electrons. The standard InChI is InChI=1S/C20H30FN5.HI/c1-4-22-20(25-13-19(26(2)3)14-5-6-14)23-10-9-15-12-24-18-11-16(21)7-8-17(15)18;/h7-8,11-12,14,19,24H,4-6,9-10,13H2,1-3H3,(H2,22,23,25);1H. The molecule has 1 fully saturated rings. The zero-order valence-corrected chi connectivity index (χ0v) is 18.7. The largest absolute Gasteiger partial charge is 0.361 e. The summed E-state index contributed by atoms with van der Waals surface area (Å²) >= 11 is 0. The third-order valence-electron chi connectivity index (χ3n) is 5.03. The average molecular weight is 487 g/mol. The summed E-state index contributed by atoms with van der Waals surface area (Å²) in [7, 11) is 4.28. The molecule has 2 aromatic rings. The topological polar surface area (TPSA) is 55.5 Å². The summed E-state index contributed by atoms with van der Waals surface area (Å²) in [5.41, 5.74) is 2.03. The molecule has 1 aromatic heterocycles. The molecule has 3 N–H and O–H groups in total. The lowest BCUT2D eigenvalue weighted by molar-refractivity contribution is 0.271. The summed E-state index contributed by atoms with van der Waals surface area (Å²) in [5, 5.41) is 7.83. The number of nitrogens with zero attached hydrogens (tertiary/aromatic N) is 2. The third-order valence-corrected chi connectivity index (χ3v) is 5.03. The summed E-state index contributed by atoms with van der Waals surface area (Å²) in [6.07, 6.45) is 5.47. The van der Waals surface area contributed by atoms with Gasteiger partial charge in [0.2, 0.25) is 0 Å². The van der Waals surface area contributed by atoms with Crippen molar-refractivity contribution >= 4 is 40.8 Å². The molecule has 7 heteroatoms. The van der Waals surface area contributed by atoms with Crippen LogP contribution in [-0.4, -0.2) is 55.6 Å². The number of hydrogen-bond acceptors (Lipinski definition) is 2. The third kappa shape index (κ3) is 6.07. The molecule has 1 saturated carbocycles. The summed E-state index contributed by atoms with van der Waals surface area (Å²) < 4.78 is 13.3. The first-order chi connectivity index (χ1) is 12.6. The quantitative estimate of drug-likeness (QED) is 0.304. The maximum atomic E-state index is 13.3. The van der Waals surface area contributed by atoms with E-state index in [1.807, 2.05) is 12.3 Å². The fourth-order valence-electron chi connectivity index (χ4n) is 3.42. The van der Waals surface area contributed by atoms with E-state index in [1.54, 1.807) is 0 Å². The molecule has 0 aliphatic heterocycles. The predicted octanol–water partition coefficient (Wildman–Crippen LogP) is 3.36. The van der Waals surface area contributed by atoms with Gasteiger partial charge in [0.15, 0.2) is 5.96 Å². The minimum atomic E-state index is -0.211. The minimum absolute atomic E-state index is 0. The van der Waals surface area contributed by atoms with E-state index in [4.69, 9.17) is 4.99 Å². The fraction of sp³-hybridized carbons (Fsp3) is 0.550. The number of aromatic nitrogens is 1. The number of guanidine groups is 1. The number of aromatic amines is 1. The highest BCUT2D eigenvalue weighted by Gasteiger charge is 2.32. The van der Waals surface area contributed by atoms with Crippen molar-refractivity contribution in [2.75, 3.05) is 33.7 Å². The number of fused-ring (bicyclic) bond motifs is 1. The van der Waals surface area contributed by atoms with Gasteiger partial charge in [-0.05, 0) is 70.0 Å². The summed E-state index contributed by atoms with van der Waals surface area (Å²) in [5.74, 6) is 1.45. The number of H-pyrrole nitrogens is 1. The Bertz CT molecular complexity index is 752. The average Bonchev–Trinajstić information content (AvgIpc) is 3.36. The van der Waals surface area contributed by atoms with Crippen molar-refractivity contribution in [2.24, 2.45) is 10.9 Å². The van der Waals surface area contributed by atoms with Crippen LogP contribution in [0.3, 0.4) is 0 Å².